The predicted molar refractivity (Wildman–Crippen MR) is 51.1 cm³/mol. The van der Waals surface area contributed by atoms with Gasteiger partial charge in [-0.3, -0.25) is 4.57 Å². The van der Waals surface area contributed by atoms with Crippen LogP contribution in [-0.2, 0) is 11.3 Å². The lowest BCUT2D eigenvalue weighted by Crippen LogP contribution is -2.16. The zero-order chi connectivity index (χ0) is 10.6. The summed E-state index contributed by atoms with van der Waals surface area (Å²) < 4.78 is 1.50. The molecular weight excluding hydrogens is 184 g/mol. The Morgan fingerprint density at radius 2 is 2.36 bits per heavy atom. The Hall–Kier alpha value is -1.78. The van der Waals surface area contributed by atoms with Crippen LogP contribution < -0.4 is 5.69 Å². The Kier molecular flexibility index (Phi) is 3.28. The van der Waals surface area contributed by atoms with Crippen molar-refractivity contribution in [1.29, 1.82) is 0 Å². The maximum Gasteiger partial charge on any atom is 0.330 e. The maximum atomic E-state index is 11.0. The van der Waals surface area contributed by atoms with Gasteiger partial charge in [0.2, 0.25) is 0 Å². The number of hydrogen-bond acceptors (Lipinski definition) is 2. The van der Waals surface area contributed by atoms with E-state index in [1.807, 2.05) is 0 Å². The van der Waals surface area contributed by atoms with Gasteiger partial charge in [0, 0.05) is 24.5 Å². The molecule has 1 aromatic heterocycles. The van der Waals surface area contributed by atoms with E-state index in [1.165, 1.54) is 4.57 Å². The molecule has 0 unspecified atom stereocenters. The zero-order valence-electron chi connectivity index (χ0n) is 7.69. The number of rotatable bonds is 5. The number of hydrogen-bond donors (Lipinski definition) is 2. The van der Waals surface area contributed by atoms with Gasteiger partial charge in [0.1, 0.15) is 0 Å². The Labute approximate surface area is 80.7 Å². The molecule has 14 heavy (non-hydrogen) atoms. The molecule has 0 saturated heterocycles. The van der Waals surface area contributed by atoms with Crippen molar-refractivity contribution in [1.82, 2.24) is 9.55 Å². The molecule has 1 aromatic rings. The van der Waals surface area contributed by atoms with Crippen molar-refractivity contribution < 1.29 is 9.90 Å². The number of nitrogens with one attached hydrogen (secondary N) is 1. The molecule has 0 fully saturated rings. The van der Waals surface area contributed by atoms with Crippen molar-refractivity contribution >= 4 is 5.97 Å². The van der Waals surface area contributed by atoms with E-state index in [9.17, 15) is 9.59 Å². The van der Waals surface area contributed by atoms with Crippen LogP contribution in [0, 0.1) is 0 Å². The van der Waals surface area contributed by atoms with Gasteiger partial charge in [-0.05, 0) is 12.8 Å². The summed E-state index contributed by atoms with van der Waals surface area (Å²) in [5.74, 6) is -0.980. The van der Waals surface area contributed by atoms with Gasteiger partial charge in [-0.1, -0.05) is 6.58 Å². The third-order valence-corrected chi connectivity index (χ3v) is 1.90. The molecule has 0 saturated carbocycles. The molecule has 1 heterocycles. The predicted octanol–water partition coefficient (Wildman–Crippen LogP) is 0.597. The monoisotopic (exact) mass is 196 g/mol. The minimum absolute atomic E-state index is 0.175. The number of carboxylic acid groups (broad SMARTS) is 1. The molecule has 0 amide bonds. The molecule has 76 valence electrons. The number of imidazole rings is 1. The van der Waals surface area contributed by atoms with Gasteiger partial charge < -0.3 is 10.1 Å². The third kappa shape index (κ3) is 2.62. The first-order valence-electron chi connectivity index (χ1n) is 4.26. The van der Waals surface area contributed by atoms with Gasteiger partial charge in [-0.15, -0.1) is 0 Å². The Morgan fingerprint density at radius 1 is 1.64 bits per heavy atom. The molecule has 0 aliphatic heterocycles. The molecular formula is C9H12N2O3. The summed E-state index contributed by atoms with van der Waals surface area (Å²) >= 11 is 0. The number of carbonyl (C=O) groups is 1. The van der Waals surface area contributed by atoms with Crippen LogP contribution in [0.5, 0.6) is 0 Å². The largest absolute Gasteiger partial charge is 0.478 e. The topological polar surface area (TPSA) is 75.1 Å². The molecule has 1 rings (SSSR count). The van der Waals surface area contributed by atoms with Gasteiger partial charge in [0.15, 0.2) is 0 Å². The first kappa shape index (κ1) is 10.3. The number of aromatic amines is 1. The van der Waals surface area contributed by atoms with E-state index in [1.54, 1.807) is 12.4 Å². The van der Waals surface area contributed by atoms with E-state index in [0.717, 1.165) is 0 Å². The minimum atomic E-state index is -0.980. The van der Waals surface area contributed by atoms with Crippen LogP contribution in [-0.4, -0.2) is 20.6 Å². The second kappa shape index (κ2) is 4.45. The number of aliphatic carboxylic acids is 1. The molecule has 0 aromatic carbocycles. The van der Waals surface area contributed by atoms with Crippen LogP contribution in [0.15, 0.2) is 29.3 Å². The van der Waals surface area contributed by atoms with Crippen LogP contribution in [0.3, 0.4) is 0 Å². The molecule has 0 aliphatic rings. The summed E-state index contributed by atoms with van der Waals surface area (Å²) in [6, 6.07) is 0. The normalized spacial score (nSPS) is 10.0. The van der Waals surface area contributed by atoms with Gasteiger partial charge in [0.25, 0.3) is 0 Å². The quantitative estimate of drug-likeness (QED) is 0.677. The standard InChI is InChI=1S/C9H12N2O3/c1-7(8(12)13)3-2-5-11-6-4-10-9(11)14/h4,6H,1-3,5H2,(H,10,14)(H,12,13). The fourth-order valence-electron chi connectivity index (χ4n) is 1.09. The van der Waals surface area contributed by atoms with Gasteiger partial charge in [-0.2, -0.15) is 0 Å². The number of nitrogens with zero attached hydrogens (tertiary/aromatic N) is 1. The summed E-state index contributed by atoms with van der Waals surface area (Å²) in [5.41, 5.74) is -0.000443. The fraction of sp³-hybridized carbons (Fsp3) is 0.333. The molecule has 0 radical (unpaired) electrons. The SMILES string of the molecule is C=C(CCCn1cc[nH]c1=O)C(=O)O. The molecule has 2 N–H and O–H groups in total. The Morgan fingerprint density at radius 3 is 2.86 bits per heavy atom. The Balaban J connectivity index is 2.36. The van der Waals surface area contributed by atoms with Crippen molar-refractivity contribution in [3.05, 3.63) is 35.0 Å². The highest BCUT2D eigenvalue weighted by atomic mass is 16.4. The van der Waals surface area contributed by atoms with E-state index in [-0.39, 0.29) is 11.3 Å². The molecule has 5 nitrogen and oxygen atoms in total. The van der Waals surface area contributed by atoms with E-state index >= 15 is 0 Å². The second-order valence-corrected chi connectivity index (χ2v) is 2.97. The minimum Gasteiger partial charge on any atom is -0.478 e. The van der Waals surface area contributed by atoms with E-state index in [0.29, 0.717) is 19.4 Å². The molecule has 0 spiro atoms. The highest BCUT2D eigenvalue weighted by Crippen LogP contribution is 2.03. The maximum absolute atomic E-state index is 11.0. The Bertz CT molecular complexity index is 389. The van der Waals surface area contributed by atoms with Gasteiger partial charge >= 0.3 is 11.7 Å². The fourth-order valence-corrected chi connectivity index (χ4v) is 1.09. The van der Waals surface area contributed by atoms with Crippen LogP contribution in [0.4, 0.5) is 0 Å². The number of carboxylic acids is 1. The van der Waals surface area contributed by atoms with E-state index < -0.39 is 5.97 Å². The van der Waals surface area contributed by atoms with Crippen LogP contribution in [0.25, 0.3) is 0 Å². The summed E-state index contributed by atoms with van der Waals surface area (Å²) in [6.07, 6.45) is 4.18. The summed E-state index contributed by atoms with van der Waals surface area (Å²) in [6.45, 7) is 3.91. The van der Waals surface area contributed by atoms with E-state index in [4.69, 9.17) is 5.11 Å². The third-order valence-electron chi connectivity index (χ3n) is 1.90. The smallest absolute Gasteiger partial charge is 0.330 e. The summed E-state index contributed by atoms with van der Waals surface area (Å²) in [5, 5.41) is 8.52. The van der Waals surface area contributed by atoms with Crippen LogP contribution in [0.1, 0.15) is 12.8 Å². The van der Waals surface area contributed by atoms with E-state index in [2.05, 4.69) is 11.6 Å². The number of aromatic nitrogens is 2. The molecule has 5 heteroatoms. The second-order valence-electron chi connectivity index (χ2n) is 2.97. The molecule has 0 bridgehead atoms. The summed E-state index contributed by atoms with van der Waals surface area (Å²) in [4.78, 5) is 23.9. The van der Waals surface area contributed by atoms with Crippen molar-refractivity contribution in [2.45, 2.75) is 19.4 Å². The number of aryl methyl sites for hydroxylation is 1. The summed E-state index contributed by atoms with van der Waals surface area (Å²) in [7, 11) is 0. The first-order valence-corrected chi connectivity index (χ1v) is 4.26. The average molecular weight is 196 g/mol. The highest BCUT2D eigenvalue weighted by Gasteiger charge is 2.03. The lowest BCUT2D eigenvalue weighted by molar-refractivity contribution is -0.132. The van der Waals surface area contributed by atoms with Gasteiger partial charge in [0.05, 0.1) is 0 Å². The van der Waals surface area contributed by atoms with Crippen molar-refractivity contribution in [2.75, 3.05) is 0 Å². The average Bonchev–Trinajstić information content (AvgIpc) is 2.51. The van der Waals surface area contributed by atoms with Crippen LogP contribution >= 0.6 is 0 Å². The first-order chi connectivity index (χ1) is 6.61. The highest BCUT2D eigenvalue weighted by molar-refractivity contribution is 5.85. The lowest BCUT2D eigenvalue weighted by Gasteiger charge is -2.00. The van der Waals surface area contributed by atoms with Crippen molar-refractivity contribution in [3.8, 4) is 0 Å². The van der Waals surface area contributed by atoms with Crippen molar-refractivity contribution in [2.24, 2.45) is 0 Å². The molecule has 0 aliphatic carbocycles. The molecule has 0 atom stereocenters. The zero-order valence-corrected chi connectivity index (χ0v) is 7.69. The van der Waals surface area contributed by atoms with Gasteiger partial charge in [-0.25, -0.2) is 9.59 Å². The van der Waals surface area contributed by atoms with Crippen molar-refractivity contribution in [3.63, 3.8) is 0 Å². The number of H-pyrrole nitrogens is 1. The lowest BCUT2D eigenvalue weighted by atomic mass is 10.2. The van der Waals surface area contributed by atoms with Crippen LogP contribution in [0.2, 0.25) is 0 Å².